The van der Waals surface area contributed by atoms with Gasteiger partial charge < -0.3 is 9.30 Å². The van der Waals surface area contributed by atoms with Crippen molar-refractivity contribution in [1.82, 2.24) is 14.5 Å². The highest BCUT2D eigenvalue weighted by molar-refractivity contribution is 7.13. The second kappa shape index (κ2) is 9.00. The van der Waals surface area contributed by atoms with Gasteiger partial charge in [0, 0.05) is 22.9 Å². The van der Waals surface area contributed by atoms with E-state index in [1.54, 1.807) is 41.6 Å². The van der Waals surface area contributed by atoms with Crippen LogP contribution in [0.5, 0.6) is 5.75 Å². The molecule has 0 aliphatic heterocycles. The number of ether oxygens (including phenoxy) is 1. The van der Waals surface area contributed by atoms with Gasteiger partial charge in [0.1, 0.15) is 16.6 Å². The molecule has 0 N–H and O–H groups in total. The van der Waals surface area contributed by atoms with E-state index in [-0.39, 0.29) is 17.1 Å². The largest absolute Gasteiger partial charge is 0.497 e. The molecular weight excluding hydrogens is 473 g/mol. The van der Waals surface area contributed by atoms with Gasteiger partial charge in [-0.25, -0.2) is 9.37 Å². The van der Waals surface area contributed by atoms with E-state index < -0.39 is 11.4 Å². The molecular formula is C26H19ClFN3O2S. The topological polar surface area (TPSA) is 57.0 Å². The predicted octanol–water partition coefficient (Wildman–Crippen LogP) is 6.34. The molecule has 3 heterocycles. The molecule has 0 aliphatic carbocycles. The number of pyridine rings is 2. The second-order valence-corrected chi connectivity index (χ2v) is 9.00. The van der Waals surface area contributed by atoms with Crippen LogP contribution in [0.1, 0.15) is 11.3 Å². The molecule has 3 aromatic heterocycles. The Morgan fingerprint density at radius 1 is 1.12 bits per heavy atom. The van der Waals surface area contributed by atoms with E-state index in [0.29, 0.717) is 16.6 Å². The SMILES string of the molecule is COc1ccc(Cn2c(=O)c(Cl)c(-c3ccccc3F)c3ncc(-c4scnc4C)cc32)cc1. The van der Waals surface area contributed by atoms with Gasteiger partial charge in [-0.05, 0) is 36.8 Å². The highest BCUT2D eigenvalue weighted by Crippen LogP contribution is 2.36. The lowest BCUT2D eigenvalue weighted by Gasteiger charge is -2.16. The Kier molecular flexibility index (Phi) is 5.89. The van der Waals surface area contributed by atoms with E-state index in [0.717, 1.165) is 27.4 Å². The summed E-state index contributed by atoms with van der Waals surface area (Å²) in [6.07, 6.45) is 1.71. The van der Waals surface area contributed by atoms with Gasteiger partial charge >= 0.3 is 0 Å². The quantitative estimate of drug-likeness (QED) is 0.287. The molecule has 0 fully saturated rings. The van der Waals surface area contributed by atoms with Crippen molar-refractivity contribution in [3.05, 3.63) is 98.8 Å². The van der Waals surface area contributed by atoms with Crippen LogP contribution in [-0.4, -0.2) is 21.6 Å². The zero-order chi connectivity index (χ0) is 23.8. The van der Waals surface area contributed by atoms with Gasteiger partial charge in [0.15, 0.2) is 0 Å². The van der Waals surface area contributed by atoms with Gasteiger partial charge in [-0.2, -0.15) is 0 Å². The highest BCUT2D eigenvalue weighted by atomic mass is 35.5. The molecule has 0 spiro atoms. The number of hydrogen-bond acceptors (Lipinski definition) is 5. The maximum atomic E-state index is 14.8. The fourth-order valence-corrected chi connectivity index (χ4v) is 5.05. The summed E-state index contributed by atoms with van der Waals surface area (Å²) >= 11 is 8.09. The summed E-state index contributed by atoms with van der Waals surface area (Å²) < 4.78 is 21.6. The summed E-state index contributed by atoms with van der Waals surface area (Å²) in [5.41, 5.74) is 5.49. The minimum Gasteiger partial charge on any atom is -0.497 e. The predicted molar refractivity (Wildman–Crippen MR) is 134 cm³/mol. The Labute approximate surface area is 204 Å². The first-order valence-electron chi connectivity index (χ1n) is 10.5. The van der Waals surface area contributed by atoms with Crippen LogP contribution in [0.25, 0.3) is 32.6 Å². The van der Waals surface area contributed by atoms with Gasteiger partial charge in [-0.15, -0.1) is 11.3 Å². The highest BCUT2D eigenvalue weighted by Gasteiger charge is 2.21. The molecule has 0 saturated heterocycles. The number of halogens is 2. The number of thiazole rings is 1. The summed E-state index contributed by atoms with van der Waals surface area (Å²) in [4.78, 5) is 23.5. The van der Waals surface area contributed by atoms with E-state index in [9.17, 15) is 9.18 Å². The lowest BCUT2D eigenvalue weighted by Crippen LogP contribution is -2.23. The molecule has 34 heavy (non-hydrogen) atoms. The summed E-state index contributed by atoms with van der Waals surface area (Å²) in [5.74, 6) is 0.251. The minimum absolute atomic E-state index is 0.0691. The number of fused-ring (bicyclic) bond motifs is 1. The number of hydrogen-bond donors (Lipinski definition) is 0. The molecule has 0 aliphatic rings. The van der Waals surface area contributed by atoms with E-state index in [4.69, 9.17) is 16.3 Å². The van der Waals surface area contributed by atoms with Gasteiger partial charge in [0.2, 0.25) is 0 Å². The number of aryl methyl sites for hydroxylation is 1. The van der Waals surface area contributed by atoms with Gasteiger partial charge in [0.25, 0.3) is 5.56 Å². The molecule has 2 aromatic carbocycles. The smallest absolute Gasteiger partial charge is 0.270 e. The Morgan fingerprint density at radius 3 is 2.56 bits per heavy atom. The normalized spacial score (nSPS) is 11.2. The van der Waals surface area contributed by atoms with Crippen LogP contribution in [0, 0.1) is 12.7 Å². The van der Waals surface area contributed by atoms with Crippen molar-refractivity contribution >= 4 is 34.0 Å². The molecule has 0 unspecified atom stereocenters. The average Bonchev–Trinajstić information content (AvgIpc) is 3.29. The van der Waals surface area contributed by atoms with Crippen LogP contribution >= 0.6 is 22.9 Å². The van der Waals surface area contributed by atoms with Crippen LogP contribution in [0.15, 0.2) is 71.1 Å². The van der Waals surface area contributed by atoms with E-state index in [1.165, 1.54) is 17.4 Å². The van der Waals surface area contributed by atoms with Crippen LogP contribution in [0.4, 0.5) is 4.39 Å². The van der Waals surface area contributed by atoms with Crippen LogP contribution < -0.4 is 10.3 Å². The molecule has 0 amide bonds. The minimum atomic E-state index is -0.470. The summed E-state index contributed by atoms with van der Waals surface area (Å²) in [5, 5.41) is -0.0691. The summed E-state index contributed by atoms with van der Waals surface area (Å²) in [6, 6.07) is 15.6. The number of nitrogens with zero attached hydrogens (tertiary/aromatic N) is 3. The first kappa shape index (κ1) is 22.3. The van der Waals surface area contributed by atoms with Crippen molar-refractivity contribution in [1.29, 1.82) is 0 Å². The summed E-state index contributed by atoms with van der Waals surface area (Å²) in [7, 11) is 1.60. The zero-order valence-electron chi connectivity index (χ0n) is 18.4. The van der Waals surface area contributed by atoms with Gasteiger partial charge in [-0.3, -0.25) is 9.78 Å². The number of aromatic nitrogens is 3. The van der Waals surface area contributed by atoms with Crippen molar-refractivity contribution in [3.63, 3.8) is 0 Å². The lowest BCUT2D eigenvalue weighted by atomic mass is 10.0. The molecule has 170 valence electrons. The molecule has 0 atom stereocenters. The average molecular weight is 492 g/mol. The maximum absolute atomic E-state index is 14.8. The Balaban J connectivity index is 1.80. The van der Waals surface area contributed by atoms with E-state index in [1.807, 2.05) is 37.3 Å². The summed E-state index contributed by atoms with van der Waals surface area (Å²) in [6.45, 7) is 2.19. The van der Waals surface area contributed by atoms with Crippen molar-refractivity contribution < 1.29 is 9.13 Å². The Hall–Kier alpha value is -3.55. The van der Waals surface area contributed by atoms with Gasteiger partial charge in [-0.1, -0.05) is 41.9 Å². The molecule has 5 rings (SSSR count). The fraction of sp³-hybridized carbons (Fsp3) is 0.115. The molecule has 0 bridgehead atoms. The first-order valence-corrected chi connectivity index (χ1v) is 11.7. The van der Waals surface area contributed by atoms with Crippen molar-refractivity contribution in [3.8, 4) is 27.3 Å². The van der Waals surface area contributed by atoms with Crippen LogP contribution in [-0.2, 0) is 6.54 Å². The molecule has 0 radical (unpaired) electrons. The Bertz CT molecular complexity index is 1580. The molecule has 5 nitrogen and oxygen atoms in total. The molecule has 5 aromatic rings. The van der Waals surface area contributed by atoms with Crippen LogP contribution in [0.2, 0.25) is 5.02 Å². The number of rotatable bonds is 5. The lowest BCUT2D eigenvalue weighted by molar-refractivity contribution is 0.414. The monoisotopic (exact) mass is 491 g/mol. The number of benzene rings is 2. The molecule has 8 heteroatoms. The Morgan fingerprint density at radius 2 is 1.88 bits per heavy atom. The zero-order valence-corrected chi connectivity index (χ0v) is 20.0. The third kappa shape index (κ3) is 3.87. The van der Waals surface area contributed by atoms with E-state index in [2.05, 4.69) is 9.97 Å². The van der Waals surface area contributed by atoms with Crippen molar-refractivity contribution in [2.24, 2.45) is 0 Å². The van der Waals surface area contributed by atoms with Crippen molar-refractivity contribution in [2.75, 3.05) is 7.11 Å². The standard InChI is InChI=1S/C26H19ClFN3O2S/c1-15-25(34-14-30-15)17-11-21-24(29-12-17)22(19-5-3-4-6-20(19)28)23(27)26(32)31(21)13-16-7-9-18(33-2)10-8-16/h3-12,14H,13H2,1-2H3. The fourth-order valence-electron chi connectivity index (χ4n) is 3.97. The molecule has 0 saturated carbocycles. The van der Waals surface area contributed by atoms with E-state index >= 15 is 0 Å². The second-order valence-electron chi connectivity index (χ2n) is 7.77. The van der Waals surface area contributed by atoms with Gasteiger partial charge in [0.05, 0.1) is 40.8 Å². The third-order valence-corrected chi connectivity index (χ3v) is 7.03. The third-order valence-electron chi connectivity index (χ3n) is 5.70. The maximum Gasteiger partial charge on any atom is 0.270 e. The first-order chi connectivity index (χ1) is 16.5. The van der Waals surface area contributed by atoms with Crippen molar-refractivity contribution in [2.45, 2.75) is 13.5 Å². The van der Waals surface area contributed by atoms with Crippen LogP contribution in [0.3, 0.4) is 0 Å². The number of methoxy groups -OCH3 is 1.